The molecule has 0 bridgehead atoms. The van der Waals surface area contributed by atoms with Crippen LogP contribution in [0.15, 0.2) is 136 Å². The minimum absolute atomic E-state index is 0.324. The summed E-state index contributed by atoms with van der Waals surface area (Å²) in [5.74, 6) is 1.47. The zero-order chi connectivity index (χ0) is 27.6. The largest absolute Gasteiger partial charge is 0.456 e. The summed E-state index contributed by atoms with van der Waals surface area (Å²) in [7, 11) is 0. The molecule has 1 atom stereocenters. The first kappa shape index (κ1) is 23.4. The third-order valence-corrected chi connectivity index (χ3v) is 9.15. The van der Waals surface area contributed by atoms with Crippen LogP contribution in [0.5, 0.6) is 0 Å². The highest BCUT2D eigenvalue weighted by Crippen LogP contribution is 2.40. The van der Waals surface area contributed by atoms with Gasteiger partial charge in [-0.2, -0.15) is 0 Å². The van der Waals surface area contributed by atoms with Crippen molar-refractivity contribution in [3.8, 4) is 0 Å². The summed E-state index contributed by atoms with van der Waals surface area (Å²) in [5.41, 5.74) is 4.74. The van der Waals surface area contributed by atoms with Gasteiger partial charge in [0.25, 0.3) is 0 Å². The van der Waals surface area contributed by atoms with Crippen molar-refractivity contribution in [1.82, 2.24) is 10.3 Å². The molecule has 42 heavy (non-hydrogen) atoms. The Balaban J connectivity index is 1.28. The monoisotopic (exact) mass is 558 g/mol. The molecule has 0 amide bonds. The van der Waals surface area contributed by atoms with E-state index in [4.69, 9.17) is 14.4 Å². The smallest absolute Gasteiger partial charge is 0.159 e. The number of rotatable bonds is 3. The Hall–Kier alpha value is -5.33. The number of pyridine rings is 1. The fourth-order valence-electron chi connectivity index (χ4n) is 6.10. The average molecular weight is 559 g/mol. The first-order valence-electron chi connectivity index (χ1n) is 13.9. The lowest BCUT2D eigenvalue weighted by atomic mass is 10.0. The summed E-state index contributed by atoms with van der Waals surface area (Å²) in [4.78, 5) is 14.6. The Labute approximate surface area is 244 Å². The molecule has 0 radical (unpaired) electrons. The highest BCUT2D eigenvalue weighted by molar-refractivity contribution is 7.25. The van der Waals surface area contributed by atoms with Gasteiger partial charge in [0.15, 0.2) is 5.84 Å². The first-order valence-corrected chi connectivity index (χ1v) is 14.7. The van der Waals surface area contributed by atoms with E-state index in [0.29, 0.717) is 5.84 Å². The predicted octanol–water partition coefficient (Wildman–Crippen LogP) is 9.00. The lowest BCUT2D eigenvalue weighted by Gasteiger charge is -2.24. The summed E-state index contributed by atoms with van der Waals surface area (Å²) < 4.78 is 8.89. The molecule has 5 aromatic carbocycles. The van der Waals surface area contributed by atoms with Crippen molar-refractivity contribution in [1.29, 1.82) is 0 Å². The highest BCUT2D eigenvalue weighted by Gasteiger charge is 2.26. The predicted molar refractivity (Wildman–Crippen MR) is 174 cm³/mol. The van der Waals surface area contributed by atoms with Crippen LogP contribution in [0.4, 0.5) is 0 Å². The number of benzene rings is 5. The molecule has 0 saturated heterocycles. The number of nitrogens with zero attached hydrogens (tertiary/aromatic N) is 3. The SMILES string of the molecule is c1ccc(C2=NC(c3cccc4sc5ccccc5c34)NC(c3cccc4oc5cc6cnccc6cc5c34)=N2)cc1. The molecule has 0 aliphatic carbocycles. The second-order valence-electron chi connectivity index (χ2n) is 10.5. The Bertz CT molecular complexity index is 2400. The van der Waals surface area contributed by atoms with Crippen molar-refractivity contribution < 1.29 is 4.42 Å². The number of fused-ring (bicyclic) bond motifs is 7. The average Bonchev–Trinajstić information content (AvgIpc) is 3.61. The normalized spacial score (nSPS) is 15.4. The molecule has 6 heteroatoms. The standard InChI is InChI=1S/C36H22N4OS/c1-2-8-21(9-3-1)34-38-35(40-36(39-34)26-12-7-15-31-33(26)24-10-4-5-14-30(24)42-31)25-11-6-13-28-32(25)27-18-22-16-17-37-20-23(22)19-29(27)41-28/h1-20,36H,(H,38,39,40). The second-order valence-corrected chi connectivity index (χ2v) is 11.6. The van der Waals surface area contributed by atoms with E-state index in [2.05, 4.69) is 83.1 Å². The van der Waals surface area contributed by atoms with Gasteiger partial charge >= 0.3 is 0 Å². The maximum absolute atomic E-state index is 6.37. The summed E-state index contributed by atoms with van der Waals surface area (Å²) >= 11 is 1.82. The lowest BCUT2D eigenvalue weighted by molar-refractivity contribution is 0.668. The summed E-state index contributed by atoms with van der Waals surface area (Å²) in [6.07, 6.45) is 3.37. The van der Waals surface area contributed by atoms with Crippen LogP contribution in [0.2, 0.25) is 0 Å². The van der Waals surface area contributed by atoms with Crippen molar-refractivity contribution >= 4 is 75.9 Å². The van der Waals surface area contributed by atoms with E-state index in [-0.39, 0.29) is 6.17 Å². The molecule has 0 saturated carbocycles. The Kier molecular flexibility index (Phi) is 5.06. The lowest BCUT2D eigenvalue weighted by Crippen LogP contribution is -2.33. The quantitative estimate of drug-likeness (QED) is 0.235. The fraction of sp³-hybridized carbons (Fsp3) is 0.0278. The van der Waals surface area contributed by atoms with Crippen LogP contribution in [-0.2, 0) is 0 Å². The van der Waals surface area contributed by atoms with Gasteiger partial charge in [0.05, 0.1) is 0 Å². The molecule has 3 aromatic heterocycles. The third-order valence-electron chi connectivity index (χ3n) is 8.01. The molecule has 8 aromatic rings. The van der Waals surface area contributed by atoms with Crippen molar-refractivity contribution in [3.63, 3.8) is 0 Å². The van der Waals surface area contributed by atoms with Crippen LogP contribution in [0.1, 0.15) is 22.9 Å². The number of furan rings is 1. The van der Waals surface area contributed by atoms with E-state index in [1.165, 1.54) is 20.2 Å². The fourth-order valence-corrected chi connectivity index (χ4v) is 7.24. The van der Waals surface area contributed by atoms with E-state index >= 15 is 0 Å². The molecule has 0 spiro atoms. The van der Waals surface area contributed by atoms with Gasteiger partial charge in [-0.15, -0.1) is 11.3 Å². The Morgan fingerprint density at radius 2 is 1.55 bits per heavy atom. The van der Waals surface area contributed by atoms with Gasteiger partial charge in [-0.05, 0) is 41.8 Å². The van der Waals surface area contributed by atoms with Gasteiger partial charge < -0.3 is 9.73 Å². The topological polar surface area (TPSA) is 62.8 Å². The molecule has 1 aliphatic rings. The van der Waals surface area contributed by atoms with Crippen LogP contribution < -0.4 is 5.32 Å². The summed E-state index contributed by atoms with van der Waals surface area (Å²) in [6, 6.07) is 37.8. The van der Waals surface area contributed by atoms with Crippen molar-refractivity contribution in [2.45, 2.75) is 6.17 Å². The molecule has 5 nitrogen and oxygen atoms in total. The molecule has 0 fully saturated rings. The number of amidine groups is 2. The zero-order valence-corrected chi connectivity index (χ0v) is 23.1. The molecular weight excluding hydrogens is 536 g/mol. The molecule has 1 unspecified atom stereocenters. The van der Waals surface area contributed by atoms with Crippen LogP contribution in [0, 0.1) is 0 Å². The third kappa shape index (κ3) is 3.59. The van der Waals surface area contributed by atoms with Gasteiger partial charge in [-0.25, -0.2) is 9.98 Å². The first-order chi connectivity index (χ1) is 20.8. The maximum atomic E-state index is 6.37. The molecular formula is C36H22N4OS. The Morgan fingerprint density at radius 1 is 0.690 bits per heavy atom. The number of aliphatic imine (C=N–C) groups is 2. The number of aromatic nitrogens is 1. The van der Waals surface area contributed by atoms with Gasteiger partial charge in [0.1, 0.15) is 23.2 Å². The molecule has 1 aliphatic heterocycles. The highest BCUT2D eigenvalue weighted by atomic mass is 32.1. The van der Waals surface area contributed by atoms with Gasteiger partial charge in [-0.3, -0.25) is 4.98 Å². The molecule has 1 N–H and O–H groups in total. The van der Waals surface area contributed by atoms with E-state index < -0.39 is 0 Å². The summed E-state index contributed by atoms with van der Waals surface area (Å²) in [5, 5.41) is 10.5. The number of thiophene rings is 1. The molecule has 198 valence electrons. The Morgan fingerprint density at radius 3 is 2.50 bits per heavy atom. The van der Waals surface area contributed by atoms with E-state index in [1.54, 1.807) is 0 Å². The summed E-state index contributed by atoms with van der Waals surface area (Å²) in [6.45, 7) is 0. The van der Waals surface area contributed by atoms with Gasteiger partial charge in [0.2, 0.25) is 0 Å². The van der Waals surface area contributed by atoms with E-state index in [1.807, 2.05) is 60.1 Å². The van der Waals surface area contributed by atoms with Crippen molar-refractivity contribution in [2.75, 3.05) is 0 Å². The minimum atomic E-state index is -0.324. The van der Waals surface area contributed by atoms with Crippen molar-refractivity contribution in [2.24, 2.45) is 9.98 Å². The maximum Gasteiger partial charge on any atom is 0.159 e. The minimum Gasteiger partial charge on any atom is -0.456 e. The zero-order valence-electron chi connectivity index (χ0n) is 22.3. The number of nitrogens with one attached hydrogen (secondary N) is 1. The second kappa shape index (κ2) is 9.09. The van der Waals surface area contributed by atoms with E-state index in [0.717, 1.165) is 55.2 Å². The molecule has 9 rings (SSSR count). The number of hydrogen-bond donors (Lipinski definition) is 1. The van der Waals surface area contributed by atoms with Crippen LogP contribution in [0.25, 0.3) is 52.9 Å². The molecule has 4 heterocycles. The van der Waals surface area contributed by atoms with Gasteiger partial charge in [0, 0.05) is 65.4 Å². The van der Waals surface area contributed by atoms with Crippen molar-refractivity contribution in [3.05, 3.63) is 138 Å². The van der Waals surface area contributed by atoms with Crippen LogP contribution in [-0.4, -0.2) is 16.7 Å². The van der Waals surface area contributed by atoms with E-state index in [9.17, 15) is 0 Å². The van der Waals surface area contributed by atoms with Crippen LogP contribution >= 0.6 is 11.3 Å². The van der Waals surface area contributed by atoms with Gasteiger partial charge in [-0.1, -0.05) is 72.8 Å². The number of hydrogen-bond acceptors (Lipinski definition) is 6. The van der Waals surface area contributed by atoms with Crippen LogP contribution in [0.3, 0.4) is 0 Å².